The first-order valence-electron chi connectivity index (χ1n) is 12.6. The van der Waals surface area contributed by atoms with Crippen molar-refractivity contribution in [2.24, 2.45) is 5.73 Å². The summed E-state index contributed by atoms with van der Waals surface area (Å²) in [5.74, 6) is -1.82. The Hall–Kier alpha value is -3.88. The Morgan fingerprint density at radius 2 is 1.58 bits per heavy atom. The number of carbonyl (C=O) groups is 4. The normalized spacial score (nSPS) is 13.1. The van der Waals surface area contributed by atoms with E-state index in [0.717, 1.165) is 11.1 Å². The second-order valence-electron chi connectivity index (χ2n) is 11.3. The van der Waals surface area contributed by atoms with Crippen molar-refractivity contribution in [3.63, 3.8) is 0 Å². The second-order valence-corrected chi connectivity index (χ2v) is 11.3. The molecule has 0 saturated heterocycles. The molecule has 0 aliphatic heterocycles. The van der Waals surface area contributed by atoms with Crippen molar-refractivity contribution in [1.29, 1.82) is 0 Å². The van der Waals surface area contributed by atoms with Crippen LogP contribution in [0.25, 0.3) is 0 Å². The van der Waals surface area contributed by atoms with Crippen LogP contribution in [0.15, 0.2) is 54.6 Å². The minimum Gasteiger partial charge on any atom is -0.444 e. The van der Waals surface area contributed by atoms with Crippen molar-refractivity contribution in [1.82, 2.24) is 15.5 Å². The summed E-state index contributed by atoms with van der Waals surface area (Å²) >= 11 is 0. The Kier molecular flexibility index (Phi) is 10.0. The van der Waals surface area contributed by atoms with Gasteiger partial charge in [-0.15, -0.1) is 0 Å². The van der Waals surface area contributed by atoms with Crippen LogP contribution in [0.4, 0.5) is 4.79 Å². The van der Waals surface area contributed by atoms with Gasteiger partial charge in [-0.2, -0.15) is 0 Å². The van der Waals surface area contributed by atoms with Crippen LogP contribution in [-0.2, 0) is 25.7 Å². The summed E-state index contributed by atoms with van der Waals surface area (Å²) in [5, 5.41) is 5.43. The molecule has 0 aliphatic rings. The van der Waals surface area contributed by atoms with Crippen LogP contribution in [0.1, 0.15) is 70.7 Å². The maximum atomic E-state index is 14.1. The van der Waals surface area contributed by atoms with Crippen molar-refractivity contribution in [3.8, 4) is 0 Å². The van der Waals surface area contributed by atoms with Crippen LogP contribution in [0.3, 0.4) is 0 Å². The molecule has 0 saturated carbocycles. The number of carbonyl (C=O) groups excluding carboxylic acids is 4. The molecule has 4 N–H and O–H groups in total. The number of nitrogens with one attached hydrogen (secondary N) is 2. The number of benzene rings is 2. The Morgan fingerprint density at radius 1 is 0.947 bits per heavy atom. The van der Waals surface area contributed by atoms with Crippen LogP contribution in [0.2, 0.25) is 0 Å². The number of rotatable bonds is 9. The molecule has 0 heterocycles. The van der Waals surface area contributed by atoms with E-state index in [0.29, 0.717) is 5.56 Å². The highest BCUT2D eigenvalue weighted by Crippen LogP contribution is 2.31. The lowest BCUT2D eigenvalue weighted by Crippen LogP contribution is -2.59. The quantitative estimate of drug-likeness (QED) is 0.460. The zero-order chi connectivity index (χ0) is 28.7. The number of hydrogen-bond acceptors (Lipinski definition) is 5. The molecular formula is C29H40N4O5. The van der Waals surface area contributed by atoms with Gasteiger partial charge in [0.05, 0.1) is 6.42 Å². The molecule has 206 valence electrons. The van der Waals surface area contributed by atoms with Gasteiger partial charge >= 0.3 is 6.09 Å². The number of primary amides is 1. The summed E-state index contributed by atoms with van der Waals surface area (Å²) < 4.78 is 5.31. The molecule has 9 nitrogen and oxygen atoms in total. The van der Waals surface area contributed by atoms with Gasteiger partial charge in [0.15, 0.2) is 0 Å². The summed E-state index contributed by atoms with van der Waals surface area (Å²) in [6.45, 7) is 12.6. The van der Waals surface area contributed by atoms with E-state index in [1.807, 2.05) is 55.5 Å². The van der Waals surface area contributed by atoms with Gasteiger partial charge in [-0.1, -0.05) is 60.2 Å². The first-order valence-corrected chi connectivity index (χ1v) is 12.6. The maximum Gasteiger partial charge on any atom is 0.408 e. The Morgan fingerprint density at radius 3 is 2.11 bits per heavy atom. The minimum absolute atomic E-state index is 0.259. The molecule has 0 bridgehead atoms. The average Bonchev–Trinajstić information content (AvgIpc) is 2.78. The third-order valence-corrected chi connectivity index (χ3v) is 5.53. The van der Waals surface area contributed by atoms with Crippen molar-refractivity contribution in [3.05, 3.63) is 71.3 Å². The first kappa shape index (κ1) is 30.3. The topological polar surface area (TPSA) is 131 Å². The van der Waals surface area contributed by atoms with Crippen LogP contribution in [-0.4, -0.2) is 45.9 Å². The van der Waals surface area contributed by atoms with Crippen LogP contribution >= 0.6 is 0 Å². The third kappa shape index (κ3) is 9.21. The number of aryl methyl sites for hydroxylation is 1. The van der Waals surface area contributed by atoms with Gasteiger partial charge < -0.3 is 26.0 Å². The fourth-order valence-corrected chi connectivity index (χ4v) is 4.00. The Bertz CT molecular complexity index is 1140. The molecule has 2 unspecified atom stereocenters. The lowest BCUT2D eigenvalue weighted by molar-refractivity contribution is -0.149. The SMILES string of the molecule is Cc1cccc(C(C(=O)NCc2ccccc2)N(C(=O)C(CC(N)=O)NC(=O)OC(C)(C)C)C(C)(C)C)c1. The predicted molar refractivity (Wildman–Crippen MR) is 146 cm³/mol. The Labute approximate surface area is 225 Å². The molecule has 9 heteroatoms. The smallest absolute Gasteiger partial charge is 0.408 e. The summed E-state index contributed by atoms with van der Waals surface area (Å²) in [7, 11) is 0. The van der Waals surface area contributed by atoms with Crippen molar-refractivity contribution < 1.29 is 23.9 Å². The number of amides is 4. The van der Waals surface area contributed by atoms with Gasteiger partial charge in [0.2, 0.25) is 17.7 Å². The summed E-state index contributed by atoms with van der Waals surface area (Å²) in [6, 6.07) is 14.3. The highest BCUT2D eigenvalue weighted by molar-refractivity contribution is 5.95. The second kappa shape index (κ2) is 12.6. The van der Waals surface area contributed by atoms with Crippen LogP contribution in [0.5, 0.6) is 0 Å². The van der Waals surface area contributed by atoms with E-state index >= 15 is 0 Å². The fraction of sp³-hybridized carbons (Fsp3) is 0.448. The van der Waals surface area contributed by atoms with Gasteiger partial charge in [0.1, 0.15) is 17.7 Å². The van der Waals surface area contributed by atoms with E-state index in [9.17, 15) is 19.2 Å². The largest absolute Gasteiger partial charge is 0.444 e. The van der Waals surface area contributed by atoms with Crippen LogP contribution < -0.4 is 16.4 Å². The third-order valence-electron chi connectivity index (χ3n) is 5.53. The number of nitrogens with zero attached hydrogens (tertiary/aromatic N) is 1. The monoisotopic (exact) mass is 524 g/mol. The molecule has 0 radical (unpaired) electrons. The molecule has 0 spiro atoms. The standard InChI is InChI=1S/C29H40N4O5/c1-19-12-11-15-21(16-19)24(25(35)31-18-20-13-9-8-10-14-20)33(28(2,3)4)26(36)22(17-23(30)34)32-27(37)38-29(5,6)7/h8-16,22,24H,17-18H2,1-7H3,(H2,30,34)(H,31,35)(H,32,37). The molecule has 0 fully saturated rings. The van der Waals surface area contributed by atoms with Gasteiger partial charge in [0, 0.05) is 12.1 Å². The van der Waals surface area contributed by atoms with Crippen molar-refractivity contribution in [2.75, 3.05) is 0 Å². The molecule has 2 atom stereocenters. The molecule has 0 aliphatic carbocycles. The zero-order valence-electron chi connectivity index (χ0n) is 23.3. The molecule has 0 aromatic heterocycles. The number of ether oxygens (including phenoxy) is 1. The molecule has 2 aromatic rings. The fourth-order valence-electron chi connectivity index (χ4n) is 4.00. The molecule has 38 heavy (non-hydrogen) atoms. The maximum absolute atomic E-state index is 14.1. The molecule has 4 amide bonds. The van der Waals surface area contributed by atoms with E-state index in [2.05, 4.69) is 10.6 Å². The lowest BCUT2D eigenvalue weighted by Gasteiger charge is -2.43. The highest BCUT2D eigenvalue weighted by atomic mass is 16.6. The Balaban J connectivity index is 2.52. The lowest BCUT2D eigenvalue weighted by atomic mass is 9.94. The van der Waals surface area contributed by atoms with Crippen LogP contribution in [0, 0.1) is 6.92 Å². The predicted octanol–water partition coefficient (Wildman–Crippen LogP) is 3.75. The van der Waals surface area contributed by atoms with E-state index in [-0.39, 0.29) is 6.54 Å². The number of nitrogens with two attached hydrogens (primary N) is 1. The van der Waals surface area contributed by atoms with Gasteiger partial charge in [-0.3, -0.25) is 14.4 Å². The van der Waals surface area contributed by atoms with E-state index in [4.69, 9.17) is 10.5 Å². The van der Waals surface area contributed by atoms with Gasteiger partial charge in [-0.05, 0) is 59.6 Å². The zero-order valence-corrected chi connectivity index (χ0v) is 23.3. The van der Waals surface area contributed by atoms with Crippen molar-refractivity contribution >= 4 is 23.8 Å². The number of hydrogen-bond donors (Lipinski definition) is 3. The minimum atomic E-state index is -1.34. The summed E-state index contributed by atoms with van der Waals surface area (Å²) in [6.07, 6.45) is -1.33. The highest BCUT2D eigenvalue weighted by Gasteiger charge is 2.42. The number of alkyl carbamates (subject to hydrolysis) is 1. The van der Waals surface area contributed by atoms with E-state index in [1.165, 1.54) is 4.90 Å². The van der Waals surface area contributed by atoms with Gasteiger partial charge in [0.25, 0.3) is 0 Å². The van der Waals surface area contributed by atoms with Gasteiger partial charge in [-0.25, -0.2) is 4.79 Å². The average molecular weight is 525 g/mol. The molecular weight excluding hydrogens is 484 g/mol. The summed E-state index contributed by atoms with van der Waals surface area (Å²) in [5.41, 5.74) is 6.13. The summed E-state index contributed by atoms with van der Waals surface area (Å²) in [4.78, 5) is 53.7. The molecule has 2 rings (SSSR count). The molecule has 2 aromatic carbocycles. The van der Waals surface area contributed by atoms with E-state index in [1.54, 1.807) is 47.6 Å². The van der Waals surface area contributed by atoms with Crippen molar-refractivity contribution in [2.45, 2.75) is 84.7 Å². The first-order chi connectivity index (χ1) is 17.6. The van der Waals surface area contributed by atoms with E-state index < -0.39 is 53.5 Å².